The van der Waals surface area contributed by atoms with E-state index in [1.165, 1.54) is 4.88 Å². The highest BCUT2D eigenvalue weighted by atomic mass is 32.1. The Morgan fingerprint density at radius 3 is 2.93 bits per heavy atom. The van der Waals surface area contributed by atoms with Crippen LogP contribution in [0.15, 0.2) is 16.8 Å². The molecular formula is C9H12N4OS. The predicted octanol–water partition coefficient (Wildman–Crippen LogP) is 1.44. The second-order valence-electron chi connectivity index (χ2n) is 3.49. The fourth-order valence-corrected chi connectivity index (χ4v) is 2.17. The van der Waals surface area contributed by atoms with Gasteiger partial charge in [-0.05, 0) is 14.1 Å². The van der Waals surface area contributed by atoms with Crippen LogP contribution in [0.5, 0.6) is 0 Å². The molecule has 2 heterocycles. The average molecular weight is 224 g/mol. The van der Waals surface area contributed by atoms with Crippen molar-refractivity contribution in [3.63, 3.8) is 0 Å². The summed E-state index contributed by atoms with van der Waals surface area (Å²) in [6.45, 7) is 0.876. The monoisotopic (exact) mass is 224 g/mol. The van der Waals surface area contributed by atoms with E-state index in [0.717, 1.165) is 11.6 Å². The molecule has 0 atom stereocenters. The van der Waals surface area contributed by atoms with E-state index in [2.05, 4.69) is 15.0 Å². The fraction of sp³-hybridized carbons (Fsp3) is 0.333. The minimum Gasteiger partial charge on any atom is -0.381 e. The SMILES string of the molecule is CN(C)Cc1cnc(-c2cc(N)no2)s1. The van der Waals surface area contributed by atoms with Crippen LogP contribution in [0.3, 0.4) is 0 Å². The minimum absolute atomic E-state index is 0.384. The highest BCUT2D eigenvalue weighted by Gasteiger charge is 2.10. The van der Waals surface area contributed by atoms with Gasteiger partial charge in [-0.25, -0.2) is 4.98 Å². The van der Waals surface area contributed by atoms with Gasteiger partial charge in [-0.3, -0.25) is 0 Å². The number of hydrogen-bond donors (Lipinski definition) is 1. The van der Waals surface area contributed by atoms with E-state index in [1.54, 1.807) is 17.4 Å². The smallest absolute Gasteiger partial charge is 0.197 e. The molecule has 6 heteroatoms. The lowest BCUT2D eigenvalue weighted by atomic mass is 10.4. The van der Waals surface area contributed by atoms with Gasteiger partial charge >= 0.3 is 0 Å². The van der Waals surface area contributed by atoms with Gasteiger partial charge in [-0.2, -0.15) is 0 Å². The Balaban J connectivity index is 2.20. The van der Waals surface area contributed by atoms with E-state index in [0.29, 0.717) is 11.6 Å². The van der Waals surface area contributed by atoms with Gasteiger partial charge in [0.2, 0.25) is 0 Å². The van der Waals surface area contributed by atoms with E-state index >= 15 is 0 Å². The van der Waals surface area contributed by atoms with Gasteiger partial charge < -0.3 is 15.2 Å². The second-order valence-corrected chi connectivity index (χ2v) is 4.60. The van der Waals surface area contributed by atoms with Gasteiger partial charge in [0, 0.05) is 23.7 Å². The fourth-order valence-electron chi connectivity index (χ4n) is 1.20. The number of anilines is 1. The van der Waals surface area contributed by atoms with Gasteiger partial charge in [0.05, 0.1) is 0 Å². The summed E-state index contributed by atoms with van der Waals surface area (Å²) in [5.74, 6) is 1.01. The van der Waals surface area contributed by atoms with Crippen LogP contribution in [0.1, 0.15) is 4.88 Å². The summed E-state index contributed by atoms with van der Waals surface area (Å²) >= 11 is 1.59. The normalized spacial score (nSPS) is 11.1. The van der Waals surface area contributed by atoms with Crippen LogP contribution >= 0.6 is 11.3 Å². The minimum atomic E-state index is 0.384. The predicted molar refractivity (Wildman–Crippen MR) is 59.4 cm³/mol. The molecule has 0 radical (unpaired) electrons. The number of aromatic nitrogens is 2. The lowest BCUT2D eigenvalue weighted by Crippen LogP contribution is -2.09. The lowest BCUT2D eigenvalue weighted by Gasteiger charge is -2.05. The summed E-state index contributed by atoms with van der Waals surface area (Å²) in [4.78, 5) is 7.53. The third-order valence-electron chi connectivity index (χ3n) is 1.76. The zero-order valence-corrected chi connectivity index (χ0v) is 9.41. The Bertz CT molecular complexity index is 448. The first-order valence-electron chi connectivity index (χ1n) is 4.47. The van der Waals surface area contributed by atoms with E-state index in [1.807, 2.05) is 20.3 Å². The lowest BCUT2D eigenvalue weighted by molar-refractivity contribution is 0.406. The van der Waals surface area contributed by atoms with Crippen molar-refractivity contribution in [1.82, 2.24) is 15.0 Å². The zero-order valence-electron chi connectivity index (χ0n) is 8.60. The summed E-state index contributed by atoms with van der Waals surface area (Å²) in [7, 11) is 4.04. The molecule has 0 spiro atoms. The molecule has 15 heavy (non-hydrogen) atoms. The maximum Gasteiger partial charge on any atom is 0.197 e. The van der Waals surface area contributed by atoms with E-state index < -0.39 is 0 Å². The van der Waals surface area contributed by atoms with Crippen molar-refractivity contribution in [3.05, 3.63) is 17.1 Å². The third-order valence-corrected chi connectivity index (χ3v) is 2.76. The van der Waals surface area contributed by atoms with Crippen molar-refractivity contribution in [2.45, 2.75) is 6.54 Å². The largest absolute Gasteiger partial charge is 0.381 e. The van der Waals surface area contributed by atoms with Crippen LogP contribution in [-0.2, 0) is 6.54 Å². The molecule has 2 aromatic rings. The molecule has 2 rings (SSSR count). The molecule has 2 aromatic heterocycles. The number of rotatable bonds is 3. The van der Waals surface area contributed by atoms with Gasteiger partial charge in [0.1, 0.15) is 0 Å². The molecule has 0 aliphatic heterocycles. The molecule has 2 N–H and O–H groups in total. The summed E-state index contributed by atoms with van der Waals surface area (Å²) in [5.41, 5.74) is 5.47. The Morgan fingerprint density at radius 2 is 2.33 bits per heavy atom. The van der Waals surface area contributed by atoms with Gasteiger partial charge in [0.25, 0.3) is 0 Å². The van der Waals surface area contributed by atoms with Crippen LogP contribution in [0, 0.1) is 0 Å². The van der Waals surface area contributed by atoms with Gasteiger partial charge in [0.15, 0.2) is 16.6 Å². The molecule has 0 aliphatic carbocycles. The molecule has 0 unspecified atom stereocenters. The molecule has 5 nitrogen and oxygen atoms in total. The Labute approximate surface area is 91.5 Å². The van der Waals surface area contributed by atoms with Gasteiger partial charge in [-0.1, -0.05) is 5.16 Å². The first kappa shape index (κ1) is 10.1. The highest BCUT2D eigenvalue weighted by Crippen LogP contribution is 2.26. The number of nitrogen functional groups attached to an aromatic ring is 1. The Kier molecular flexibility index (Phi) is 2.70. The van der Waals surface area contributed by atoms with Crippen LogP contribution in [0.4, 0.5) is 5.82 Å². The van der Waals surface area contributed by atoms with Crippen LogP contribution in [0.25, 0.3) is 10.8 Å². The zero-order chi connectivity index (χ0) is 10.8. The van der Waals surface area contributed by atoms with Crippen molar-refractivity contribution in [3.8, 4) is 10.8 Å². The van der Waals surface area contributed by atoms with E-state index in [-0.39, 0.29) is 0 Å². The number of thiazole rings is 1. The quantitative estimate of drug-likeness (QED) is 0.854. The first-order valence-corrected chi connectivity index (χ1v) is 5.29. The topological polar surface area (TPSA) is 68.2 Å². The maximum atomic E-state index is 5.47. The van der Waals surface area contributed by atoms with Crippen molar-refractivity contribution < 1.29 is 4.52 Å². The van der Waals surface area contributed by atoms with Gasteiger partial charge in [-0.15, -0.1) is 11.3 Å². The summed E-state index contributed by atoms with van der Waals surface area (Å²) < 4.78 is 5.03. The Hall–Kier alpha value is -1.40. The summed E-state index contributed by atoms with van der Waals surface area (Å²) in [6.07, 6.45) is 1.85. The molecule has 0 saturated carbocycles. The van der Waals surface area contributed by atoms with Crippen molar-refractivity contribution in [1.29, 1.82) is 0 Å². The first-order chi connectivity index (χ1) is 7.15. The maximum absolute atomic E-state index is 5.47. The molecule has 0 aromatic carbocycles. The molecular weight excluding hydrogens is 212 g/mol. The Morgan fingerprint density at radius 1 is 1.53 bits per heavy atom. The van der Waals surface area contributed by atoms with Crippen LogP contribution in [-0.4, -0.2) is 29.1 Å². The van der Waals surface area contributed by atoms with E-state index in [9.17, 15) is 0 Å². The number of nitrogens with two attached hydrogens (primary N) is 1. The number of nitrogens with zero attached hydrogens (tertiary/aromatic N) is 3. The van der Waals surface area contributed by atoms with Crippen LogP contribution < -0.4 is 5.73 Å². The van der Waals surface area contributed by atoms with Crippen molar-refractivity contribution >= 4 is 17.2 Å². The summed E-state index contributed by atoms with van der Waals surface area (Å²) in [5, 5.41) is 4.44. The summed E-state index contributed by atoms with van der Waals surface area (Å²) in [6, 6.07) is 1.68. The standard InChI is InChI=1S/C9H12N4OS/c1-13(2)5-6-4-11-9(15-6)7-3-8(10)12-14-7/h3-4H,5H2,1-2H3,(H2,10,12). The molecule has 0 saturated heterocycles. The molecule has 0 amide bonds. The number of hydrogen-bond acceptors (Lipinski definition) is 6. The third kappa shape index (κ3) is 2.34. The second kappa shape index (κ2) is 4.00. The van der Waals surface area contributed by atoms with E-state index in [4.69, 9.17) is 10.3 Å². The molecule has 0 bridgehead atoms. The average Bonchev–Trinajstić information content (AvgIpc) is 2.72. The van der Waals surface area contributed by atoms with Crippen molar-refractivity contribution in [2.24, 2.45) is 0 Å². The highest BCUT2D eigenvalue weighted by molar-refractivity contribution is 7.14. The van der Waals surface area contributed by atoms with Crippen molar-refractivity contribution in [2.75, 3.05) is 19.8 Å². The van der Waals surface area contributed by atoms with Crippen LogP contribution in [0.2, 0.25) is 0 Å². The molecule has 0 fully saturated rings. The molecule has 0 aliphatic rings. The molecule has 80 valence electrons.